The topological polar surface area (TPSA) is 28.5 Å². The SMILES string of the molecule is C[C@H]1CCc2c(c3ccccc3n2C(=O)CN2CCN(C(c3ccccc3)c3ccccc3)CC2)C1. The van der Waals surface area contributed by atoms with Crippen LogP contribution in [0.15, 0.2) is 84.9 Å². The van der Waals surface area contributed by atoms with Gasteiger partial charge in [-0.1, -0.05) is 85.8 Å². The maximum absolute atomic E-state index is 13.7. The highest BCUT2D eigenvalue weighted by molar-refractivity contribution is 5.97. The van der Waals surface area contributed by atoms with Crippen molar-refractivity contribution in [2.45, 2.75) is 32.2 Å². The predicted octanol–water partition coefficient (Wildman–Crippen LogP) is 5.81. The fraction of sp³-hybridized carbons (Fsp3) is 0.344. The lowest BCUT2D eigenvalue weighted by atomic mass is 9.88. The summed E-state index contributed by atoms with van der Waals surface area (Å²) in [5.41, 5.74) is 6.40. The molecule has 1 fully saturated rings. The highest BCUT2D eigenvalue weighted by atomic mass is 16.2. The van der Waals surface area contributed by atoms with Crippen LogP contribution >= 0.6 is 0 Å². The summed E-state index contributed by atoms with van der Waals surface area (Å²) in [7, 11) is 0. The van der Waals surface area contributed by atoms with E-state index in [0.717, 1.165) is 51.0 Å². The lowest BCUT2D eigenvalue weighted by Crippen LogP contribution is -2.49. The molecule has 0 unspecified atom stereocenters. The van der Waals surface area contributed by atoms with Crippen molar-refractivity contribution in [3.05, 3.63) is 107 Å². The Balaban J connectivity index is 1.19. The molecule has 0 saturated carbocycles. The van der Waals surface area contributed by atoms with Crippen molar-refractivity contribution in [2.75, 3.05) is 32.7 Å². The molecule has 0 bridgehead atoms. The number of nitrogens with zero attached hydrogens (tertiary/aromatic N) is 3. The van der Waals surface area contributed by atoms with Crippen LogP contribution < -0.4 is 0 Å². The Morgan fingerprint density at radius 2 is 1.44 bits per heavy atom. The molecular weight excluding hydrogens is 442 g/mol. The molecule has 4 aromatic rings. The van der Waals surface area contributed by atoms with Gasteiger partial charge in [-0.3, -0.25) is 19.2 Å². The van der Waals surface area contributed by atoms with E-state index in [1.165, 1.54) is 27.8 Å². The molecule has 4 heteroatoms. The number of hydrogen-bond donors (Lipinski definition) is 0. The third kappa shape index (κ3) is 4.40. The minimum atomic E-state index is 0.220. The second kappa shape index (κ2) is 10.0. The van der Waals surface area contributed by atoms with Gasteiger partial charge in [-0.2, -0.15) is 0 Å². The Hall–Kier alpha value is -3.21. The highest BCUT2D eigenvalue weighted by Crippen LogP contribution is 2.34. The van der Waals surface area contributed by atoms with Gasteiger partial charge >= 0.3 is 0 Å². The van der Waals surface area contributed by atoms with Crippen molar-refractivity contribution in [3.63, 3.8) is 0 Å². The van der Waals surface area contributed by atoms with Gasteiger partial charge in [0.15, 0.2) is 0 Å². The molecule has 2 aliphatic rings. The van der Waals surface area contributed by atoms with Crippen LogP contribution in [0.1, 0.15) is 46.6 Å². The molecule has 3 aromatic carbocycles. The average Bonchev–Trinajstić information content (AvgIpc) is 3.25. The van der Waals surface area contributed by atoms with E-state index in [1.807, 2.05) is 0 Å². The molecule has 1 atom stereocenters. The second-order valence-electron chi connectivity index (χ2n) is 10.6. The van der Waals surface area contributed by atoms with Crippen LogP contribution in [0.3, 0.4) is 0 Å². The first-order valence-corrected chi connectivity index (χ1v) is 13.4. The summed E-state index contributed by atoms with van der Waals surface area (Å²) >= 11 is 0. The summed E-state index contributed by atoms with van der Waals surface area (Å²) < 4.78 is 2.06. The summed E-state index contributed by atoms with van der Waals surface area (Å²) in [6.07, 6.45) is 3.24. The molecule has 0 amide bonds. The Labute approximate surface area is 214 Å². The van der Waals surface area contributed by atoms with Gasteiger partial charge in [-0.15, -0.1) is 0 Å². The van der Waals surface area contributed by atoms with Crippen LogP contribution in [0.5, 0.6) is 0 Å². The lowest BCUT2D eigenvalue weighted by molar-refractivity contribution is 0.0739. The van der Waals surface area contributed by atoms with Crippen molar-refractivity contribution in [1.82, 2.24) is 14.4 Å². The summed E-state index contributed by atoms with van der Waals surface area (Å²) in [5, 5.41) is 1.27. The molecule has 1 saturated heterocycles. The fourth-order valence-electron chi connectivity index (χ4n) is 6.29. The number of carbonyl (C=O) groups is 1. The summed E-state index contributed by atoms with van der Waals surface area (Å²) in [5.74, 6) is 0.903. The second-order valence-corrected chi connectivity index (χ2v) is 10.6. The third-order valence-electron chi connectivity index (χ3n) is 8.13. The molecule has 0 N–H and O–H groups in total. The number of hydrogen-bond acceptors (Lipinski definition) is 3. The van der Waals surface area contributed by atoms with Gasteiger partial charge < -0.3 is 0 Å². The van der Waals surface area contributed by atoms with Gasteiger partial charge in [0, 0.05) is 37.3 Å². The number of para-hydroxylation sites is 1. The van der Waals surface area contributed by atoms with E-state index in [1.54, 1.807) is 0 Å². The van der Waals surface area contributed by atoms with Gasteiger partial charge in [0.1, 0.15) is 0 Å². The number of aromatic nitrogens is 1. The first-order chi connectivity index (χ1) is 17.7. The molecule has 2 heterocycles. The van der Waals surface area contributed by atoms with Gasteiger partial charge in [0.05, 0.1) is 18.1 Å². The zero-order valence-corrected chi connectivity index (χ0v) is 21.1. The number of carbonyl (C=O) groups excluding carboxylic acids is 1. The van der Waals surface area contributed by atoms with Crippen molar-refractivity contribution in [1.29, 1.82) is 0 Å². The van der Waals surface area contributed by atoms with Crippen LogP contribution in [-0.4, -0.2) is 53.0 Å². The maximum atomic E-state index is 13.7. The molecule has 184 valence electrons. The van der Waals surface area contributed by atoms with E-state index < -0.39 is 0 Å². The van der Waals surface area contributed by atoms with E-state index in [0.29, 0.717) is 12.5 Å². The van der Waals surface area contributed by atoms with Crippen molar-refractivity contribution < 1.29 is 4.79 Å². The molecule has 1 aliphatic carbocycles. The first-order valence-electron chi connectivity index (χ1n) is 13.4. The monoisotopic (exact) mass is 477 g/mol. The van der Waals surface area contributed by atoms with E-state index in [2.05, 4.69) is 106 Å². The van der Waals surface area contributed by atoms with E-state index in [4.69, 9.17) is 0 Å². The van der Waals surface area contributed by atoms with E-state index >= 15 is 0 Å². The summed E-state index contributed by atoms with van der Waals surface area (Å²) in [6.45, 7) is 6.51. The molecule has 36 heavy (non-hydrogen) atoms. The predicted molar refractivity (Wildman–Crippen MR) is 146 cm³/mol. The molecule has 0 spiro atoms. The summed E-state index contributed by atoms with van der Waals surface area (Å²) in [6, 6.07) is 30.3. The smallest absolute Gasteiger partial charge is 0.245 e. The lowest BCUT2D eigenvalue weighted by Gasteiger charge is -2.39. The normalized spacial score (nSPS) is 19.0. The van der Waals surface area contributed by atoms with Gasteiger partial charge in [-0.25, -0.2) is 0 Å². The molecule has 1 aromatic heterocycles. The largest absolute Gasteiger partial charge is 0.292 e. The third-order valence-corrected chi connectivity index (χ3v) is 8.13. The van der Waals surface area contributed by atoms with E-state index in [-0.39, 0.29) is 11.9 Å². The van der Waals surface area contributed by atoms with Crippen LogP contribution in [0.2, 0.25) is 0 Å². The number of fused-ring (bicyclic) bond motifs is 3. The minimum absolute atomic E-state index is 0.220. The zero-order valence-electron chi connectivity index (χ0n) is 21.1. The Morgan fingerprint density at radius 3 is 2.11 bits per heavy atom. The molecule has 6 rings (SSSR count). The fourth-order valence-corrected chi connectivity index (χ4v) is 6.29. The standard InChI is InChI=1S/C32H35N3O/c1-24-16-17-30-28(22-24)27-14-8-9-15-29(27)35(30)31(36)23-33-18-20-34(21-19-33)32(25-10-4-2-5-11-25)26-12-6-3-7-13-26/h2-15,24,32H,16-23H2,1H3/t24-/m0/s1. The zero-order chi connectivity index (χ0) is 24.5. The van der Waals surface area contributed by atoms with Gasteiger partial charge in [0.25, 0.3) is 0 Å². The van der Waals surface area contributed by atoms with Crippen LogP contribution in [-0.2, 0) is 12.8 Å². The molecular formula is C32H35N3O. The van der Waals surface area contributed by atoms with E-state index in [9.17, 15) is 4.79 Å². The maximum Gasteiger partial charge on any atom is 0.245 e. The van der Waals surface area contributed by atoms with Crippen LogP contribution in [0.25, 0.3) is 10.9 Å². The van der Waals surface area contributed by atoms with Crippen molar-refractivity contribution in [3.8, 4) is 0 Å². The number of benzene rings is 3. The molecule has 0 radical (unpaired) electrons. The Bertz CT molecular complexity index is 1300. The first kappa shape index (κ1) is 23.2. The number of rotatable bonds is 5. The quantitative estimate of drug-likeness (QED) is 0.363. The van der Waals surface area contributed by atoms with Crippen LogP contribution in [0, 0.1) is 5.92 Å². The summed E-state index contributed by atoms with van der Waals surface area (Å²) in [4.78, 5) is 18.6. The molecule has 4 nitrogen and oxygen atoms in total. The Kier molecular flexibility index (Phi) is 6.47. The average molecular weight is 478 g/mol. The molecule has 1 aliphatic heterocycles. The number of piperazine rings is 1. The van der Waals surface area contributed by atoms with Crippen LogP contribution in [0.4, 0.5) is 0 Å². The Morgan fingerprint density at radius 1 is 0.833 bits per heavy atom. The highest BCUT2D eigenvalue weighted by Gasteiger charge is 2.29. The van der Waals surface area contributed by atoms with Crippen molar-refractivity contribution >= 4 is 16.8 Å². The minimum Gasteiger partial charge on any atom is -0.292 e. The van der Waals surface area contributed by atoms with Crippen molar-refractivity contribution in [2.24, 2.45) is 5.92 Å². The van der Waals surface area contributed by atoms with Gasteiger partial charge in [-0.05, 0) is 47.9 Å². The van der Waals surface area contributed by atoms with Gasteiger partial charge in [0.2, 0.25) is 5.91 Å².